The molecule has 3 aromatic carbocycles. The van der Waals surface area contributed by atoms with E-state index in [9.17, 15) is 13.6 Å². The molecule has 0 radical (unpaired) electrons. The number of carbonyl (C=O) groups excluding carboxylic acids is 1. The lowest BCUT2D eigenvalue weighted by Crippen LogP contribution is -2.16. The van der Waals surface area contributed by atoms with Crippen LogP contribution >= 0.6 is 0 Å². The summed E-state index contributed by atoms with van der Waals surface area (Å²) in [6.45, 7) is 0. The highest BCUT2D eigenvalue weighted by molar-refractivity contribution is 5.89. The molecule has 0 aliphatic carbocycles. The smallest absolute Gasteiger partial charge is 0.322 e. The number of hydrogen-bond donors (Lipinski definition) is 1. The highest BCUT2D eigenvalue weighted by Gasteiger charge is 2.20. The van der Waals surface area contributed by atoms with E-state index in [1.807, 2.05) is 60.7 Å². The Morgan fingerprint density at radius 2 is 1.53 bits per heavy atom. The van der Waals surface area contributed by atoms with E-state index in [0.29, 0.717) is 0 Å². The summed E-state index contributed by atoms with van der Waals surface area (Å²) >= 11 is 0. The highest BCUT2D eigenvalue weighted by atomic mass is 19.1. The van der Waals surface area contributed by atoms with Crippen LogP contribution in [0.25, 0.3) is 11.5 Å². The molecule has 0 spiro atoms. The van der Waals surface area contributed by atoms with Crippen molar-refractivity contribution >= 4 is 11.9 Å². The van der Waals surface area contributed by atoms with Crippen LogP contribution in [0.4, 0.5) is 14.8 Å². The van der Waals surface area contributed by atoms with Gasteiger partial charge in [-0.05, 0) is 23.3 Å². The number of rotatable bonds is 6. The number of nitrogens with zero attached hydrogens (tertiary/aromatic N) is 2. The molecule has 5 nitrogen and oxygen atoms in total. The number of hydrogen-bond acceptors (Lipinski definition) is 4. The molecule has 1 N–H and O–H groups in total. The van der Waals surface area contributed by atoms with E-state index < -0.39 is 11.6 Å². The van der Waals surface area contributed by atoms with E-state index in [-0.39, 0.29) is 35.7 Å². The Balaban J connectivity index is 1.51. The molecule has 7 heteroatoms. The van der Waals surface area contributed by atoms with Crippen LogP contribution in [-0.4, -0.2) is 16.1 Å². The van der Waals surface area contributed by atoms with Crippen molar-refractivity contribution in [2.75, 3.05) is 5.32 Å². The molecule has 1 aromatic heterocycles. The summed E-state index contributed by atoms with van der Waals surface area (Å²) < 4.78 is 32.3. The first-order chi connectivity index (χ1) is 14.6. The summed E-state index contributed by atoms with van der Waals surface area (Å²) in [6.07, 6.45) is 0.149. The zero-order valence-corrected chi connectivity index (χ0v) is 15.8. The summed E-state index contributed by atoms with van der Waals surface area (Å²) in [5.41, 5.74) is 1.95. The fraction of sp³-hybridized carbons (Fsp3) is 0.0870. The molecule has 0 saturated heterocycles. The topological polar surface area (TPSA) is 68.0 Å². The molecule has 0 aliphatic heterocycles. The Morgan fingerprint density at radius 3 is 2.13 bits per heavy atom. The standard InChI is InChI=1S/C23H17F2N3O2/c24-17-11-12-18(20(25)13-17)22-27-28-23(30-22)26-21(29)14-19(15-7-3-1-4-8-15)16-9-5-2-6-10-16/h1-13,19H,14H2,(H,26,28,29). The average molecular weight is 405 g/mol. The largest absolute Gasteiger partial charge is 0.403 e. The molecular weight excluding hydrogens is 388 g/mol. The fourth-order valence-corrected chi connectivity index (χ4v) is 3.20. The van der Waals surface area contributed by atoms with Gasteiger partial charge in [0.25, 0.3) is 5.89 Å². The van der Waals surface area contributed by atoms with Gasteiger partial charge in [0.1, 0.15) is 11.6 Å². The van der Waals surface area contributed by atoms with E-state index in [4.69, 9.17) is 4.42 Å². The second-order valence-corrected chi connectivity index (χ2v) is 6.66. The van der Waals surface area contributed by atoms with Gasteiger partial charge in [-0.1, -0.05) is 65.8 Å². The van der Waals surface area contributed by atoms with Crippen molar-refractivity contribution in [1.82, 2.24) is 10.2 Å². The summed E-state index contributed by atoms with van der Waals surface area (Å²) in [6, 6.07) is 22.2. The van der Waals surface area contributed by atoms with Crippen LogP contribution in [0.15, 0.2) is 83.3 Å². The van der Waals surface area contributed by atoms with Crippen LogP contribution in [0.2, 0.25) is 0 Å². The second-order valence-electron chi connectivity index (χ2n) is 6.66. The zero-order valence-electron chi connectivity index (χ0n) is 15.8. The molecule has 1 amide bonds. The van der Waals surface area contributed by atoms with Crippen molar-refractivity contribution < 1.29 is 18.0 Å². The van der Waals surface area contributed by atoms with Gasteiger partial charge in [-0.25, -0.2) is 8.78 Å². The molecular formula is C23H17F2N3O2. The summed E-state index contributed by atoms with van der Waals surface area (Å²) in [5.74, 6) is -2.18. The second kappa shape index (κ2) is 8.65. The van der Waals surface area contributed by atoms with E-state index in [0.717, 1.165) is 23.3 Å². The minimum absolute atomic E-state index is 0.0455. The molecule has 1 heterocycles. The molecule has 4 aromatic rings. The first-order valence-corrected chi connectivity index (χ1v) is 9.29. The summed E-state index contributed by atoms with van der Waals surface area (Å²) in [5, 5.41) is 10.0. The van der Waals surface area contributed by atoms with Crippen molar-refractivity contribution in [3.8, 4) is 11.5 Å². The Bertz CT molecular complexity index is 1110. The predicted octanol–water partition coefficient (Wildman–Crippen LogP) is 5.18. The lowest BCUT2D eigenvalue weighted by Gasteiger charge is -2.17. The lowest BCUT2D eigenvalue weighted by molar-refractivity contribution is -0.116. The third kappa shape index (κ3) is 4.41. The van der Waals surface area contributed by atoms with Crippen LogP contribution in [0.1, 0.15) is 23.5 Å². The van der Waals surface area contributed by atoms with Gasteiger partial charge in [0.05, 0.1) is 5.56 Å². The molecule has 0 bridgehead atoms. The Hall–Kier alpha value is -3.87. The van der Waals surface area contributed by atoms with Crippen molar-refractivity contribution in [2.45, 2.75) is 12.3 Å². The van der Waals surface area contributed by atoms with Gasteiger partial charge >= 0.3 is 6.01 Å². The quantitative estimate of drug-likeness (QED) is 0.480. The van der Waals surface area contributed by atoms with Gasteiger partial charge in [-0.2, -0.15) is 0 Å². The minimum atomic E-state index is -0.829. The zero-order chi connectivity index (χ0) is 20.9. The summed E-state index contributed by atoms with van der Waals surface area (Å²) in [4.78, 5) is 12.7. The highest BCUT2D eigenvalue weighted by Crippen LogP contribution is 2.29. The number of anilines is 1. The predicted molar refractivity (Wildman–Crippen MR) is 108 cm³/mol. The maximum Gasteiger partial charge on any atom is 0.322 e. The van der Waals surface area contributed by atoms with Crippen LogP contribution in [0.5, 0.6) is 0 Å². The molecule has 0 unspecified atom stereocenters. The molecule has 0 saturated carbocycles. The maximum atomic E-state index is 13.9. The van der Waals surface area contributed by atoms with Crippen molar-refractivity contribution in [1.29, 1.82) is 0 Å². The molecule has 150 valence electrons. The number of amides is 1. The lowest BCUT2D eigenvalue weighted by atomic mass is 9.88. The maximum absolute atomic E-state index is 13.9. The van der Waals surface area contributed by atoms with E-state index in [2.05, 4.69) is 15.5 Å². The Labute approximate surface area is 171 Å². The normalized spacial score (nSPS) is 10.9. The molecule has 0 atom stereocenters. The Morgan fingerprint density at radius 1 is 0.900 bits per heavy atom. The van der Waals surface area contributed by atoms with Gasteiger partial charge in [-0.3, -0.25) is 10.1 Å². The van der Waals surface area contributed by atoms with E-state index in [1.165, 1.54) is 6.07 Å². The van der Waals surface area contributed by atoms with Crippen LogP contribution in [0, 0.1) is 11.6 Å². The van der Waals surface area contributed by atoms with Gasteiger partial charge in [-0.15, -0.1) is 5.10 Å². The van der Waals surface area contributed by atoms with Crippen molar-refractivity contribution in [3.05, 3.63) is 102 Å². The summed E-state index contributed by atoms with van der Waals surface area (Å²) in [7, 11) is 0. The van der Waals surface area contributed by atoms with Crippen LogP contribution in [0.3, 0.4) is 0 Å². The number of aromatic nitrogens is 2. The molecule has 0 fully saturated rings. The fourth-order valence-electron chi connectivity index (χ4n) is 3.20. The van der Waals surface area contributed by atoms with Crippen molar-refractivity contribution in [3.63, 3.8) is 0 Å². The van der Waals surface area contributed by atoms with E-state index >= 15 is 0 Å². The monoisotopic (exact) mass is 405 g/mol. The first kappa shape index (κ1) is 19.4. The number of halogens is 2. The van der Waals surface area contributed by atoms with Gasteiger partial charge < -0.3 is 4.42 Å². The number of benzene rings is 3. The van der Waals surface area contributed by atoms with Crippen LogP contribution in [-0.2, 0) is 4.79 Å². The molecule has 30 heavy (non-hydrogen) atoms. The van der Waals surface area contributed by atoms with Crippen molar-refractivity contribution in [2.24, 2.45) is 0 Å². The number of carbonyl (C=O) groups is 1. The third-order valence-electron chi connectivity index (χ3n) is 4.63. The molecule has 4 rings (SSSR count). The van der Waals surface area contributed by atoms with Gasteiger partial charge in [0, 0.05) is 18.4 Å². The van der Waals surface area contributed by atoms with Gasteiger partial charge in [0.2, 0.25) is 5.91 Å². The third-order valence-corrected chi connectivity index (χ3v) is 4.63. The van der Waals surface area contributed by atoms with Crippen LogP contribution < -0.4 is 5.32 Å². The number of nitrogens with one attached hydrogen (secondary N) is 1. The Kier molecular flexibility index (Phi) is 5.61. The molecule has 0 aliphatic rings. The van der Waals surface area contributed by atoms with Gasteiger partial charge in [0.15, 0.2) is 0 Å². The SMILES string of the molecule is O=C(CC(c1ccccc1)c1ccccc1)Nc1nnc(-c2ccc(F)cc2F)o1. The minimum Gasteiger partial charge on any atom is -0.403 e. The average Bonchev–Trinajstić information content (AvgIpc) is 3.21. The van der Waals surface area contributed by atoms with E-state index in [1.54, 1.807) is 0 Å². The first-order valence-electron chi connectivity index (χ1n) is 9.29.